The number of carbonyl (C=O) groups excluding carboxylic acids is 1. The molecular formula is C27H37FN4O5S. The van der Waals surface area contributed by atoms with E-state index in [1.54, 1.807) is 17.6 Å². The van der Waals surface area contributed by atoms with Crippen molar-refractivity contribution in [3.63, 3.8) is 0 Å². The van der Waals surface area contributed by atoms with Gasteiger partial charge in [-0.15, -0.1) is 0 Å². The summed E-state index contributed by atoms with van der Waals surface area (Å²) in [6.45, 7) is 5.08. The molecule has 2 N–H and O–H groups in total. The zero-order valence-electron chi connectivity index (χ0n) is 21.8. The largest absolute Gasteiger partial charge is 0.491 e. The summed E-state index contributed by atoms with van der Waals surface area (Å²) >= 11 is 0. The molecule has 0 bridgehead atoms. The molecule has 0 spiro atoms. The molecule has 4 rings (SSSR count). The van der Waals surface area contributed by atoms with Crippen molar-refractivity contribution in [2.24, 2.45) is 5.92 Å². The van der Waals surface area contributed by atoms with E-state index in [2.05, 4.69) is 0 Å². The van der Waals surface area contributed by atoms with Crippen molar-refractivity contribution >= 4 is 21.6 Å². The van der Waals surface area contributed by atoms with Crippen molar-refractivity contribution in [2.45, 2.75) is 38.0 Å². The molecule has 2 aliphatic heterocycles. The summed E-state index contributed by atoms with van der Waals surface area (Å²) in [4.78, 5) is 16.2. The normalized spacial score (nSPS) is 21.3. The number of piperidine rings is 1. The van der Waals surface area contributed by atoms with E-state index >= 15 is 0 Å². The third kappa shape index (κ3) is 6.82. The highest BCUT2D eigenvalue weighted by molar-refractivity contribution is 7.89. The van der Waals surface area contributed by atoms with Crippen molar-refractivity contribution in [2.75, 3.05) is 50.8 Å². The van der Waals surface area contributed by atoms with Crippen LogP contribution >= 0.6 is 0 Å². The van der Waals surface area contributed by atoms with E-state index in [1.165, 1.54) is 10.4 Å². The standard InChI is InChI=1S/C27H37FN4O5S/c1-2-3-15-37-26-10-9-23(17-25(26)28)31-11-13-32(14-12-31)38(35,36)24-16-22(27(33)29-34)19-30(20-24)18-21-7-5-4-6-8-21/h4-10,17,22,24,34H,2-3,11-16,18-20H2,1H3,(H,29,33). The first-order chi connectivity index (χ1) is 18.3. The fourth-order valence-electron chi connectivity index (χ4n) is 5.15. The van der Waals surface area contributed by atoms with Crippen molar-refractivity contribution in [3.05, 3.63) is 59.9 Å². The van der Waals surface area contributed by atoms with Gasteiger partial charge in [-0.25, -0.2) is 18.3 Å². The molecule has 38 heavy (non-hydrogen) atoms. The maximum Gasteiger partial charge on any atom is 0.247 e. The Bertz CT molecular complexity index is 1180. The molecule has 1 amide bonds. The number of hydrogen-bond donors (Lipinski definition) is 2. The molecular weight excluding hydrogens is 511 g/mol. The minimum Gasteiger partial charge on any atom is -0.491 e. The van der Waals surface area contributed by atoms with Gasteiger partial charge in [-0.3, -0.25) is 14.9 Å². The lowest BCUT2D eigenvalue weighted by molar-refractivity contribution is -0.135. The van der Waals surface area contributed by atoms with Crippen LogP contribution in [0.25, 0.3) is 0 Å². The maximum absolute atomic E-state index is 14.6. The van der Waals surface area contributed by atoms with Crippen LogP contribution in [0.15, 0.2) is 48.5 Å². The van der Waals surface area contributed by atoms with Crippen LogP contribution in [0.4, 0.5) is 10.1 Å². The average molecular weight is 549 g/mol. The number of nitrogens with one attached hydrogen (secondary N) is 1. The molecule has 2 aliphatic rings. The first-order valence-electron chi connectivity index (χ1n) is 13.2. The average Bonchev–Trinajstić information content (AvgIpc) is 2.94. The summed E-state index contributed by atoms with van der Waals surface area (Å²) < 4.78 is 48.9. The second-order valence-corrected chi connectivity index (χ2v) is 12.2. The number of amides is 1. The molecule has 0 saturated carbocycles. The molecule has 2 heterocycles. The molecule has 11 heteroatoms. The van der Waals surface area contributed by atoms with Crippen LogP contribution in [0.3, 0.4) is 0 Å². The van der Waals surface area contributed by atoms with E-state index in [1.807, 2.05) is 47.1 Å². The lowest BCUT2D eigenvalue weighted by Gasteiger charge is -2.41. The number of unbranched alkanes of at least 4 members (excludes halogenated alkanes) is 1. The number of rotatable bonds is 10. The van der Waals surface area contributed by atoms with Crippen LogP contribution in [-0.4, -0.2) is 79.9 Å². The van der Waals surface area contributed by atoms with Gasteiger partial charge in [-0.2, -0.15) is 4.31 Å². The molecule has 0 aliphatic carbocycles. The minimum atomic E-state index is -3.71. The Morgan fingerprint density at radius 2 is 1.84 bits per heavy atom. The van der Waals surface area contributed by atoms with Gasteiger partial charge in [0.2, 0.25) is 15.9 Å². The number of benzene rings is 2. The van der Waals surface area contributed by atoms with E-state index in [4.69, 9.17) is 4.74 Å². The van der Waals surface area contributed by atoms with Crippen molar-refractivity contribution in [3.8, 4) is 5.75 Å². The van der Waals surface area contributed by atoms with Gasteiger partial charge >= 0.3 is 0 Å². The molecule has 2 atom stereocenters. The summed E-state index contributed by atoms with van der Waals surface area (Å²) in [5.41, 5.74) is 3.41. The van der Waals surface area contributed by atoms with Gasteiger partial charge in [0.25, 0.3) is 0 Å². The first kappa shape index (κ1) is 28.3. The van der Waals surface area contributed by atoms with Crippen molar-refractivity contribution in [1.82, 2.24) is 14.7 Å². The molecule has 2 aromatic carbocycles. The number of likely N-dealkylation sites (tertiary alicyclic amines) is 1. The summed E-state index contributed by atoms with van der Waals surface area (Å²) in [5.74, 6) is -1.42. The van der Waals surface area contributed by atoms with Gasteiger partial charge in [-0.05, 0) is 30.5 Å². The third-order valence-electron chi connectivity index (χ3n) is 7.27. The summed E-state index contributed by atoms with van der Waals surface area (Å²) in [6.07, 6.45) is 1.97. The Labute approximate surface area is 224 Å². The number of anilines is 1. The van der Waals surface area contributed by atoms with Gasteiger partial charge in [0.05, 0.1) is 17.8 Å². The Balaban J connectivity index is 1.40. The molecule has 2 aromatic rings. The lowest BCUT2D eigenvalue weighted by Crippen LogP contribution is -2.56. The van der Waals surface area contributed by atoms with Crippen LogP contribution in [-0.2, 0) is 21.4 Å². The molecule has 2 unspecified atom stereocenters. The van der Waals surface area contributed by atoms with E-state index < -0.39 is 32.9 Å². The number of hydroxylamine groups is 1. The summed E-state index contributed by atoms with van der Waals surface area (Å²) in [6, 6.07) is 14.5. The monoisotopic (exact) mass is 548 g/mol. The molecule has 2 saturated heterocycles. The molecule has 9 nitrogen and oxygen atoms in total. The van der Waals surface area contributed by atoms with Gasteiger partial charge < -0.3 is 9.64 Å². The van der Waals surface area contributed by atoms with Crippen LogP contribution < -0.4 is 15.1 Å². The summed E-state index contributed by atoms with van der Waals surface area (Å²) in [5, 5.41) is 8.44. The number of nitrogens with zero attached hydrogens (tertiary/aromatic N) is 3. The first-order valence-corrected chi connectivity index (χ1v) is 14.7. The zero-order chi connectivity index (χ0) is 27.1. The quantitative estimate of drug-likeness (QED) is 0.267. The van der Waals surface area contributed by atoms with Crippen LogP contribution in [0.5, 0.6) is 5.75 Å². The van der Waals surface area contributed by atoms with Crippen LogP contribution in [0.2, 0.25) is 0 Å². The minimum absolute atomic E-state index is 0.144. The highest BCUT2D eigenvalue weighted by atomic mass is 32.2. The zero-order valence-corrected chi connectivity index (χ0v) is 22.6. The van der Waals surface area contributed by atoms with E-state index in [9.17, 15) is 22.8 Å². The fraction of sp³-hybridized carbons (Fsp3) is 0.519. The van der Waals surface area contributed by atoms with Crippen LogP contribution in [0.1, 0.15) is 31.7 Å². The van der Waals surface area contributed by atoms with Crippen molar-refractivity contribution < 1.29 is 27.5 Å². The Morgan fingerprint density at radius 1 is 1.11 bits per heavy atom. The third-order valence-corrected chi connectivity index (χ3v) is 9.54. The SMILES string of the molecule is CCCCOc1ccc(N2CCN(S(=O)(=O)C3CC(C(=O)NO)CN(Cc4ccccc4)C3)CC2)cc1F. The van der Waals surface area contributed by atoms with E-state index in [0.29, 0.717) is 45.0 Å². The predicted octanol–water partition coefficient (Wildman–Crippen LogP) is 2.85. The van der Waals surface area contributed by atoms with Gasteiger partial charge in [0, 0.05) is 57.6 Å². The lowest BCUT2D eigenvalue weighted by atomic mass is 9.96. The number of sulfonamides is 1. The number of ether oxygens (including phenoxy) is 1. The molecule has 2 fully saturated rings. The number of halogens is 1. The molecule has 0 radical (unpaired) electrons. The second kappa shape index (κ2) is 12.9. The Kier molecular flexibility index (Phi) is 9.59. The van der Waals surface area contributed by atoms with Gasteiger partial charge in [0.1, 0.15) is 0 Å². The molecule has 208 valence electrons. The highest BCUT2D eigenvalue weighted by Gasteiger charge is 2.41. The molecule has 0 aromatic heterocycles. The van der Waals surface area contributed by atoms with E-state index in [0.717, 1.165) is 18.4 Å². The smallest absolute Gasteiger partial charge is 0.247 e. The van der Waals surface area contributed by atoms with Crippen molar-refractivity contribution in [1.29, 1.82) is 0 Å². The van der Waals surface area contributed by atoms with Crippen LogP contribution in [0, 0.1) is 11.7 Å². The van der Waals surface area contributed by atoms with Gasteiger partial charge in [-0.1, -0.05) is 43.7 Å². The Morgan fingerprint density at radius 3 is 2.50 bits per heavy atom. The predicted molar refractivity (Wildman–Crippen MR) is 143 cm³/mol. The summed E-state index contributed by atoms with van der Waals surface area (Å²) in [7, 11) is -3.71. The number of hydrogen-bond acceptors (Lipinski definition) is 7. The topological polar surface area (TPSA) is 102 Å². The number of piperazine rings is 1. The number of carbonyl (C=O) groups is 1. The second-order valence-electron chi connectivity index (χ2n) is 9.96. The van der Waals surface area contributed by atoms with E-state index in [-0.39, 0.29) is 25.3 Å². The fourth-order valence-corrected chi connectivity index (χ4v) is 7.12. The van der Waals surface area contributed by atoms with Gasteiger partial charge in [0.15, 0.2) is 11.6 Å². The highest BCUT2D eigenvalue weighted by Crippen LogP contribution is 2.29. The Hall–Kier alpha value is -2.73. The maximum atomic E-state index is 14.6.